The van der Waals surface area contributed by atoms with Crippen LogP contribution in [0.3, 0.4) is 0 Å². The highest BCUT2D eigenvalue weighted by molar-refractivity contribution is 5.99. The molecule has 2 N–H and O–H groups in total. The van der Waals surface area contributed by atoms with Crippen LogP contribution in [-0.2, 0) is 4.79 Å². The lowest BCUT2D eigenvalue weighted by atomic mass is 10.1. The van der Waals surface area contributed by atoms with Crippen molar-refractivity contribution in [3.63, 3.8) is 0 Å². The quantitative estimate of drug-likeness (QED) is 0.854. The average molecular weight is 358 g/mol. The molecule has 8 heteroatoms. The van der Waals surface area contributed by atoms with Gasteiger partial charge in [-0.3, -0.25) is 9.59 Å². The van der Waals surface area contributed by atoms with Crippen molar-refractivity contribution in [1.29, 1.82) is 0 Å². The SMILES string of the molecule is COc1cc(C(=O)N2CCNC(C)C2)cc(NC(C)=O)c1OC.Cl. The minimum absolute atomic E-state index is 0. The summed E-state index contributed by atoms with van der Waals surface area (Å²) >= 11 is 0. The van der Waals surface area contributed by atoms with Crippen LogP contribution in [0.5, 0.6) is 11.5 Å². The molecular weight excluding hydrogens is 334 g/mol. The molecule has 0 saturated carbocycles. The van der Waals surface area contributed by atoms with E-state index in [1.807, 2.05) is 6.92 Å². The van der Waals surface area contributed by atoms with Crippen LogP contribution >= 0.6 is 12.4 Å². The number of ether oxygens (including phenoxy) is 2. The highest BCUT2D eigenvalue weighted by Gasteiger charge is 2.24. The molecule has 0 aromatic heterocycles. The summed E-state index contributed by atoms with van der Waals surface area (Å²) in [6.45, 7) is 5.49. The Morgan fingerprint density at radius 1 is 1.29 bits per heavy atom. The maximum Gasteiger partial charge on any atom is 0.254 e. The summed E-state index contributed by atoms with van der Waals surface area (Å²) in [5.41, 5.74) is 0.881. The predicted molar refractivity (Wildman–Crippen MR) is 94.5 cm³/mol. The van der Waals surface area contributed by atoms with Gasteiger partial charge in [0.15, 0.2) is 11.5 Å². The van der Waals surface area contributed by atoms with E-state index in [1.165, 1.54) is 21.1 Å². The lowest BCUT2D eigenvalue weighted by molar-refractivity contribution is -0.114. The number of benzene rings is 1. The summed E-state index contributed by atoms with van der Waals surface area (Å²) in [6, 6.07) is 3.51. The standard InChI is InChI=1S/C16H23N3O4.ClH/c1-10-9-19(6-5-17-10)16(21)12-7-13(18-11(2)20)15(23-4)14(8-12)22-3;/h7-8,10,17H,5-6,9H2,1-4H3,(H,18,20);1H. The number of hydrogen-bond acceptors (Lipinski definition) is 5. The number of anilines is 1. The Morgan fingerprint density at radius 2 is 2.00 bits per heavy atom. The first-order valence-electron chi connectivity index (χ1n) is 7.52. The molecule has 1 aliphatic rings. The van der Waals surface area contributed by atoms with Crippen molar-refractivity contribution in [2.75, 3.05) is 39.2 Å². The van der Waals surface area contributed by atoms with Gasteiger partial charge in [-0.05, 0) is 19.1 Å². The van der Waals surface area contributed by atoms with Crippen molar-refractivity contribution < 1.29 is 19.1 Å². The van der Waals surface area contributed by atoms with Gasteiger partial charge < -0.3 is 25.0 Å². The Labute approximate surface area is 148 Å². The Morgan fingerprint density at radius 3 is 2.54 bits per heavy atom. The molecule has 1 heterocycles. The maximum atomic E-state index is 12.7. The second kappa shape index (κ2) is 8.75. The Kier molecular flexibility index (Phi) is 7.31. The molecule has 1 aliphatic heterocycles. The molecule has 0 aliphatic carbocycles. The average Bonchev–Trinajstić information content (AvgIpc) is 2.52. The molecule has 2 amide bonds. The molecule has 0 radical (unpaired) electrons. The monoisotopic (exact) mass is 357 g/mol. The molecule has 2 rings (SSSR count). The zero-order chi connectivity index (χ0) is 17.0. The van der Waals surface area contributed by atoms with Gasteiger partial charge >= 0.3 is 0 Å². The minimum Gasteiger partial charge on any atom is -0.493 e. The summed E-state index contributed by atoms with van der Waals surface area (Å²) in [7, 11) is 2.99. The fraction of sp³-hybridized carbons (Fsp3) is 0.500. The molecule has 0 spiro atoms. The van der Waals surface area contributed by atoms with E-state index in [0.29, 0.717) is 35.8 Å². The third-order valence-corrected chi connectivity index (χ3v) is 3.69. The fourth-order valence-electron chi connectivity index (χ4n) is 2.67. The number of rotatable bonds is 4. The van der Waals surface area contributed by atoms with Gasteiger partial charge in [0.2, 0.25) is 5.91 Å². The summed E-state index contributed by atoms with van der Waals surface area (Å²) in [6.07, 6.45) is 0. The first-order chi connectivity index (χ1) is 11.0. The molecule has 1 fully saturated rings. The van der Waals surface area contributed by atoms with Gasteiger partial charge in [0.25, 0.3) is 5.91 Å². The van der Waals surface area contributed by atoms with Gasteiger partial charge in [0.05, 0.1) is 19.9 Å². The van der Waals surface area contributed by atoms with E-state index < -0.39 is 0 Å². The van der Waals surface area contributed by atoms with Crippen LogP contribution in [-0.4, -0.2) is 56.6 Å². The van der Waals surface area contributed by atoms with Crippen molar-refractivity contribution in [1.82, 2.24) is 10.2 Å². The Hall–Kier alpha value is -1.99. The van der Waals surface area contributed by atoms with E-state index in [-0.39, 0.29) is 30.3 Å². The molecule has 1 saturated heterocycles. The molecular formula is C16H24ClN3O4. The van der Waals surface area contributed by atoms with Crippen LogP contribution < -0.4 is 20.1 Å². The van der Waals surface area contributed by atoms with Gasteiger partial charge in [0, 0.05) is 38.2 Å². The number of hydrogen-bond donors (Lipinski definition) is 2. The van der Waals surface area contributed by atoms with E-state index in [0.717, 1.165) is 6.54 Å². The number of nitrogens with zero attached hydrogens (tertiary/aromatic N) is 1. The normalized spacial score (nSPS) is 16.8. The highest BCUT2D eigenvalue weighted by atomic mass is 35.5. The van der Waals surface area contributed by atoms with Crippen LogP contribution in [0.2, 0.25) is 0 Å². The number of carbonyl (C=O) groups excluding carboxylic acids is 2. The second-order valence-electron chi connectivity index (χ2n) is 5.55. The van der Waals surface area contributed by atoms with Gasteiger partial charge in [-0.15, -0.1) is 12.4 Å². The van der Waals surface area contributed by atoms with Crippen molar-refractivity contribution in [2.45, 2.75) is 19.9 Å². The van der Waals surface area contributed by atoms with Crippen LogP contribution in [0.15, 0.2) is 12.1 Å². The third-order valence-electron chi connectivity index (χ3n) is 3.69. The van der Waals surface area contributed by atoms with E-state index >= 15 is 0 Å². The van der Waals surface area contributed by atoms with Gasteiger partial charge in [-0.2, -0.15) is 0 Å². The van der Waals surface area contributed by atoms with E-state index in [2.05, 4.69) is 10.6 Å². The fourth-order valence-corrected chi connectivity index (χ4v) is 2.67. The first kappa shape index (κ1) is 20.1. The number of carbonyl (C=O) groups is 2. The van der Waals surface area contributed by atoms with Crippen LogP contribution in [0, 0.1) is 0 Å². The molecule has 1 aromatic carbocycles. The zero-order valence-corrected chi connectivity index (χ0v) is 15.2. The number of piperazine rings is 1. The summed E-state index contributed by atoms with van der Waals surface area (Å²) in [5, 5.41) is 5.98. The number of nitrogens with one attached hydrogen (secondary N) is 2. The predicted octanol–water partition coefficient (Wildman–Crippen LogP) is 1.52. The smallest absolute Gasteiger partial charge is 0.254 e. The van der Waals surface area contributed by atoms with Crippen molar-refractivity contribution in [3.8, 4) is 11.5 Å². The maximum absolute atomic E-state index is 12.7. The molecule has 24 heavy (non-hydrogen) atoms. The summed E-state index contributed by atoms with van der Waals surface area (Å²) < 4.78 is 10.6. The number of halogens is 1. The van der Waals surface area contributed by atoms with E-state index in [9.17, 15) is 9.59 Å². The lowest BCUT2D eigenvalue weighted by Crippen LogP contribution is -2.51. The van der Waals surface area contributed by atoms with Gasteiger partial charge in [-0.25, -0.2) is 0 Å². The molecule has 0 bridgehead atoms. The Bertz CT molecular complexity index is 609. The highest BCUT2D eigenvalue weighted by Crippen LogP contribution is 2.37. The minimum atomic E-state index is -0.245. The first-order valence-corrected chi connectivity index (χ1v) is 7.52. The van der Waals surface area contributed by atoms with Crippen LogP contribution in [0.4, 0.5) is 5.69 Å². The van der Waals surface area contributed by atoms with Crippen LogP contribution in [0.25, 0.3) is 0 Å². The van der Waals surface area contributed by atoms with Crippen molar-refractivity contribution in [2.24, 2.45) is 0 Å². The zero-order valence-electron chi connectivity index (χ0n) is 14.3. The van der Waals surface area contributed by atoms with Crippen LogP contribution in [0.1, 0.15) is 24.2 Å². The van der Waals surface area contributed by atoms with Crippen molar-refractivity contribution >= 4 is 29.9 Å². The topological polar surface area (TPSA) is 79.9 Å². The lowest BCUT2D eigenvalue weighted by Gasteiger charge is -2.32. The van der Waals surface area contributed by atoms with E-state index in [1.54, 1.807) is 17.0 Å². The van der Waals surface area contributed by atoms with Gasteiger partial charge in [0.1, 0.15) is 0 Å². The molecule has 134 valence electrons. The molecule has 7 nitrogen and oxygen atoms in total. The van der Waals surface area contributed by atoms with Gasteiger partial charge in [-0.1, -0.05) is 0 Å². The largest absolute Gasteiger partial charge is 0.493 e. The van der Waals surface area contributed by atoms with E-state index in [4.69, 9.17) is 9.47 Å². The molecule has 1 unspecified atom stereocenters. The summed E-state index contributed by atoms with van der Waals surface area (Å²) in [4.78, 5) is 25.9. The molecule has 1 atom stereocenters. The number of methoxy groups -OCH3 is 2. The molecule has 1 aromatic rings. The Balaban J connectivity index is 0.00000288. The van der Waals surface area contributed by atoms with Crippen molar-refractivity contribution in [3.05, 3.63) is 17.7 Å². The third kappa shape index (κ3) is 4.52. The summed E-state index contributed by atoms with van der Waals surface area (Å²) in [5.74, 6) is 0.467. The second-order valence-corrected chi connectivity index (χ2v) is 5.55. The number of amides is 2.